The third-order valence-electron chi connectivity index (χ3n) is 3.76. The molecule has 0 spiro atoms. The number of fused-ring (bicyclic) bond motifs is 2. The molecule has 1 aromatic carbocycles. The maximum Gasteiger partial charge on any atom is 0.159 e. The highest BCUT2D eigenvalue weighted by Crippen LogP contribution is 2.37. The van der Waals surface area contributed by atoms with Gasteiger partial charge in [-0.25, -0.2) is 8.42 Å². The molecule has 3 fully saturated rings. The summed E-state index contributed by atoms with van der Waals surface area (Å²) < 4.78 is 23.3. The molecular formula is C12H15NO2S. The fourth-order valence-electron chi connectivity index (χ4n) is 2.75. The number of sulfone groups is 1. The molecule has 3 heterocycles. The molecule has 0 amide bonds. The van der Waals surface area contributed by atoms with Crippen LogP contribution < -0.4 is 4.90 Å². The van der Waals surface area contributed by atoms with Gasteiger partial charge in [-0.15, -0.1) is 0 Å². The van der Waals surface area contributed by atoms with Crippen LogP contribution in [0.2, 0.25) is 0 Å². The highest BCUT2D eigenvalue weighted by atomic mass is 32.2. The Kier molecular flexibility index (Phi) is 2.05. The summed E-state index contributed by atoms with van der Waals surface area (Å²) in [5.74, 6) is 0. The first-order chi connectivity index (χ1) is 7.59. The maximum absolute atomic E-state index is 11.7. The molecule has 16 heavy (non-hydrogen) atoms. The zero-order valence-corrected chi connectivity index (χ0v) is 10.1. The van der Waals surface area contributed by atoms with Gasteiger partial charge in [0.05, 0.1) is 10.5 Å². The van der Waals surface area contributed by atoms with Crippen molar-refractivity contribution < 1.29 is 8.42 Å². The summed E-state index contributed by atoms with van der Waals surface area (Å²) in [6.07, 6.45) is 0.866. The second kappa shape index (κ2) is 3.23. The average molecular weight is 237 g/mol. The molecular weight excluding hydrogens is 222 g/mol. The molecule has 3 saturated heterocycles. The molecule has 2 atom stereocenters. The summed E-state index contributed by atoms with van der Waals surface area (Å²) in [6.45, 7) is 3.41. The average Bonchev–Trinajstić information content (AvgIpc) is 2.29. The van der Waals surface area contributed by atoms with Crippen LogP contribution in [0.15, 0.2) is 24.3 Å². The van der Waals surface area contributed by atoms with Gasteiger partial charge in [0.25, 0.3) is 0 Å². The first kappa shape index (κ1) is 10.1. The molecule has 0 aromatic heterocycles. The van der Waals surface area contributed by atoms with Crippen LogP contribution in [0.3, 0.4) is 0 Å². The lowest BCUT2D eigenvalue weighted by Gasteiger charge is -2.47. The van der Waals surface area contributed by atoms with Crippen LogP contribution in [-0.4, -0.2) is 32.0 Å². The Morgan fingerprint density at radius 3 is 2.38 bits per heavy atom. The molecule has 3 aliphatic rings. The normalized spacial score (nSPS) is 30.9. The quantitative estimate of drug-likeness (QED) is 0.740. The molecule has 4 rings (SSSR count). The minimum Gasteiger partial charge on any atom is -0.369 e. The summed E-state index contributed by atoms with van der Waals surface area (Å²) in [7, 11) is -2.76. The van der Waals surface area contributed by atoms with Crippen LogP contribution in [0.1, 0.15) is 12.0 Å². The standard InChI is InChI=1S/C12H15NO2S/c1-9-4-2-3-5-12(9)13-7-10-6-11(8-13)16(10,14)15/h2-5,10-11H,6-8H2,1H3. The second-order valence-electron chi connectivity index (χ2n) is 4.76. The summed E-state index contributed by atoms with van der Waals surface area (Å²) in [6, 6.07) is 8.17. The lowest BCUT2D eigenvalue weighted by atomic mass is 10.1. The van der Waals surface area contributed by atoms with Crippen molar-refractivity contribution in [3.63, 3.8) is 0 Å². The van der Waals surface area contributed by atoms with Crippen molar-refractivity contribution in [2.75, 3.05) is 18.0 Å². The van der Waals surface area contributed by atoms with E-state index in [-0.39, 0.29) is 10.5 Å². The summed E-state index contributed by atoms with van der Waals surface area (Å²) in [5.41, 5.74) is 2.41. The highest BCUT2D eigenvalue weighted by molar-refractivity contribution is 7.94. The fourth-order valence-corrected chi connectivity index (χ4v) is 4.71. The third-order valence-corrected chi connectivity index (χ3v) is 6.30. The smallest absolute Gasteiger partial charge is 0.159 e. The van der Waals surface area contributed by atoms with Crippen molar-refractivity contribution in [2.45, 2.75) is 23.8 Å². The van der Waals surface area contributed by atoms with E-state index in [1.54, 1.807) is 0 Å². The Hall–Kier alpha value is -1.03. The van der Waals surface area contributed by atoms with Gasteiger partial charge in [-0.2, -0.15) is 0 Å². The van der Waals surface area contributed by atoms with Crippen molar-refractivity contribution in [3.05, 3.63) is 29.8 Å². The van der Waals surface area contributed by atoms with Crippen molar-refractivity contribution >= 4 is 15.5 Å². The van der Waals surface area contributed by atoms with Crippen LogP contribution >= 0.6 is 0 Å². The van der Waals surface area contributed by atoms with Crippen LogP contribution in [0.4, 0.5) is 5.69 Å². The number of rotatable bonds is 1. The summed E-state index contributed by atoms with van der Waals surface area (Å²) in [4.78, 5) is 2.22. The Bertz CT molecular complexity index is 506. The van der Waals surface area contributed by atoms with Gasteiger partial charge in [0.1, 0.15) is 0 Å². The molecule has 1 aromatic rings. The Balaban J connectivity index is 1.89. The number of aryl methyl sites for hydroxylation is 1. The molecule has 0 saturated carbocycles. The molecule has 3 nitrogen and oxygen atoms in total. The van der Waals surface area contributed by atoms with E-state index >= 15 is 0 Å². The molecule has 2 bridgehead atoms. The monoisotopic (exact) mass is 237 g/mol. The third kappa shape index (κ3) is 1.29. The van der Waals surface area contributed by atoms with Crippen LogP contribution in [0.5, 0.6) is 0 Å². The van der Waals surface area contributed by atoms with Crippen molar-refractivity contribution in [2.24, 2.45) is 0 Å². The van der Waals surface area contributed by atoms with E-state index in [1.807, 2.05) is 12.1 Å². The van der Waals surface area contributed by atoms with Gasteiger partial charge in [-0.3, -0.25) is 0 Å². The zero-order valence-electron chi connectivity index (χ0n) is 9.26. The van der Waals surface area contributed by atoms with E-state index < -0.39 is 9.84 Å². The van der Waals surface area contributed by atoms with E-state index in [0.717, 1.165) is 6.42 Å². The minimum atomic E-state index is -2.76. The second-order valence-corrected chi connectivity index (χ2v) is 7.27. The Labute approximate surface area is 96.0 Å². The number of benzene rings is 1. The van der Waals surface area contributed by atoms with Crippen LogP contribution in [-0.2, 0) is 9.84 Å². The number of anilines is 1. The molecule has 2 unspecified atom stereocenters. The summed E-state index contributed by atoms with van der Waals surface area (Å²) >= 11 is 0. The van der Waals surface area contributed by atoms with E-state index in [1.165, 1.54) is 11.3 Å². The van der Waals surface area contributed by atoms with Crippen LogP contribution in [0, 0.1) is 6.92 Å². The molecule has 0 aliphatic carbocycles. The van der Waals surface area contributed by atoms with E-state index in [4.69, 9.17) is 0 Å². The minimum absolute atomic E-state index is 0.120. The predicted octanol–water partition coefficient (Wildman–Crippen LogP) is 1.37. The topological polar surface area (TPSA) is 37.4 Å². The van der Waals surface area contributed by atoms with Crippen molar-refractivity contribution in [1.29, 1.82) is 0 Å². The van der Waals surface area contributed by atoms with Gasteiger partial charge in [-0.05, 0) is 25.0 Å². The number of piperidine rings is 1. The largest absolute Gasteiger partial charge is 0.369 e. The lowest BCUT2D eigenvalue weighted by Crippen LogP contribution is -2.62. The predicted molar refractivity (Wildman–Crippen MR) is 64.5 cm³/mol. The first-order valence-electron chi connectivity index (χ1n) is 5.62. The molecule has 4 heteroatoms. The van der Waals surface area contributed by atoms with Gasteiger partial charge in [0, 0.05) is 18.8 Å². The van der Waals surface area contributed by atoms with Crippen molar-refractivity contribution in [1.82, 2.24) is 0 Å². The van der Waals surface area contributed by atoms with Gasteiger partial charge < -0.3 is 4.90 Å². The van der Waals surface area contributed by atoms with Gasteiger partial charge in [0.2, 0.25) is 0 Å². The first-order valence-corrected chi connectivity index (χ1v) is 7.23. The number of para-hydroxylation sites is 1. The van der Waals surface area contributed by atoms with Gasteiger partial charge in [0.15, 0.2) is 9.84 Å². The van der Waals surface area contributed by atoms with Crippen molar-refractivity contribution in [3.8, 4) is 0 Å². The molecule has 0 N–H and O–H groups in total. The fraction of sp³-hybridized carbons (Fsp3) is 0.500. The highest BCUT2D eigenvalue weighted by Gasteiger charge is 2.51. The van der Waals surface area contributed by atoms with Gasteiger partial charge >= 0.3 is 0 Å². The Morgan fingerprint density at radius 2 is 1.81 bits per heavy atom. The Morgan fingerprint density at radius 1 is 1.19 bits per heavy atom. The van der Waals surface area contributed by atoms with E-state index in [0.29, 0.717) is 13.1 Å². The number of hydrogen-bond donors (Lipinski definition) is 0. The van der Waals surface area contributed by atoms with Gasteiger partial charge in [-0.1, -0.05) is 18.2 Å². The van der Waals surface area contributed by atoms with E-state index in [2.05, 4.69) is 24.0 Å². The summed E-state index contributed by atoms with van der Waals surface area (Å²) in [5, 5.41) is -0.239. The molecule has 3 aliphatic heterocycles. The SMILES string of the molecule is Cc1ccccc1N1CC2CC(C1)S2(=O)=O. The zero-order chi connectivity index (χ0) is 11.3. The maximum atomic E-state index is 11.7. The molecule has 0 radical (unpaired) electrons. The number of nitrogens with zero attached hydrogens (tertiary/aromatic N) is 1. The lowest BCUT2D eigenvalue weighted by molar-refractivity contribution is 0.460. The van der Waals surface area contributed by atoms with Crippen LogP contribution in [0.25, 0.3) is 0 Å². The number of hydrogen-bond acceptors (Lipinski definition) is 3. The molecule has 86 valence electrons. The van der Waals surface area contributed by atoms with E-state index in [9.17, 15) is 8.42 Å².